The predicted molar refractivity (Wildman–Crippen MR) is 119 cm³/mol. The molecule has 3 heterocycles. The fourth-order valence-electron chi connectivity index (χ4n) is 3.82. The third-order valence-electron chi connectivity index (χ3n) is 5.37. The quantitative estimate of drug-likeness (QED) is 0.347. The lowest BCUT2D eigenvalue weighted by atomic mass is 10.1. The van der Waals surface area contributed by atoms with Crippen molar-refractivity contribution < 1.29 is 13.9 Å². The number of ketones is 1. The van der Waals surface area contributed by atoms with Crippen molar-refractivity contribution in [3.63, 3.8) is 0 Å². The van der Waals surface area contributed by atoms with Gasteiger partial charge in [-0.05, 0) is 55.0 Å². The minimum atomic E-state index is -0.288. The molecule has 31 heavy (non-hydrogen) atoms. The highest BCUT2D eigenvalue weighted by Crippen LogP contribution is 2.32. The first-order valence-corrected chi connectivity index (χ1v) is 10.1. The van der Waals surface area contributed by atoms with Gasteiger partial charge in [0.15, 0.2) is 0 Å². The number of halogens is 1. The number of benzene rings is 2. The molecule has 5 aromatic rings. The number of carbonyl (C=O) groups excluding carboxylic acids is 1. The Morgan fingerprint density at radius 1 is 1.16 bits per heavy atom. The predicted octanol–water partition coefficient (Wildman–Crippen LogP) is 5.43. The number of pyridine rings is 1. The lowest BCUT2D eigenvalue weighted by molar-refractivity contribution is 0.100. The van der Waals surface area contributed by atoms with E-state index < -0.39 is 0 Å². The topological polar surface area (TPSA) is 70.2 Å². The maximum absolute atomic E-state index is 13.5. The van der Waals surface area contributed by atoms with Gasteiger partial charge >= 0.3 is 0 Å². The molecule has 0 radical (unpaired) electrons. The average molecular weight is 432 g/mol. The van der Waals surface area contributed by atoms with Crippen LogP contribution in [0.25, 0.3) is 22.1 Å². The van der Waals surface area contributed by atoms with Crippen molar-refractivity contribution in [2.75, 3.05) is 7.11 Å². The smallest absolute Gasteiger partial charge is 0.270 e. The van der Waals surface area contributed by atoms with Crippen molar-refractivity contribution in [3.8, 4) is 5.75 Å². The molecule has 0 bridgehead atoms. The first-order chi connectivity index (χ1) is 15.0. The van der Waals surface area contributed by atoms with Gasteiger partial charge in [0, 0.05) is 34.4 Å². The number of carbonyl (C=O) groups is 1. The molecule has 2 aromatic carbocycles. The second-order valence-corrected chi connectivity index (χ2v) is 7.67. The Hall–Kier alpha value is -3.64. The van der Waals surface area contributed by atoms with E-state index in [4.69, 9.17) is 20.8 Å². The van der Waals surface area contributed by atoms with Gasteiger partial charge in [-0.2, -0.15) is 0 Å². The van der Waals surface area contributed by atoms with E-state index in [1.165, 1.54) is 0 Å². The number of hydrogen-bond donors (Lipinski definition) is 0. The summed E-state index contributed by atoms with van der Waals surface area (Å²) in [6.45, 7) is 2.52. The number of fused-ring (bicyclic) bond motifs is 2. The summed E-state index contributed by atoms with van der Waals surface area (Å²) in [6, 6.07) is 16.9. The van der Waals surface area contributed by atoms with Crippen LogP contribution < -0.4 is 4.74 Å². The van der Waals surface area contributed by atoms with Gasteiger partial charge in [-0.3, -0.25) is 4.79 Å². The molecule has 0 unspecified atom stereocenters. The van der Waals surface area contributed by atoms with Gasteiger partial charge in [0.25, 0.3) is 11.7 Å². The van der Waals surface area contributed by atoms with E-state index >= 15 is 0 Å². The van der Waals surface area contributed by atoms with Crippen LogP contribution in [0.2, 0.25) is 5.02 Å². The summed E-state index contributed by atoms with van der Waals surface area (Å²) in [7, 11) is 1.60. The Kier molecular flexibility index (Phi) is 4.71. The van der Waals surface area contributed by atoms with Gasteiger partial charge in [-0.1, -0.05) is 23.7 Å². The standard InChI is InChI=1S/C24H18ClN3O3/c1-14-21(22(29)24-27-19-4-3-11-26-23(19)31-24)18-12-17(30-2)9-10-20(18)28(14)13-15-5-7-16(25)8-6-15/h3-12H,13H2,1-2H3. The zero-order valence-electron chi connectivity index (χ0n) is 16.9. The number of oxazole rings is 1. The zero-order valence-corrected chi connectivity index (χ0v) is 17.7. The Bertz CT molecular complexity index is 1400. The van der Waals surface area contributed by atoms with Crippen molar-refractivity contribution in [2.45, 2.75) is 13.5 Å². The SMILES string of the molecule is COc1ccc2c(c1)c(C(=O)c1nc3cccnc3o1)c(C)n2Cc1ccc(Cl)cc1. The highest BCUT2D eigenvalue weighted by Gasteiger charge is 2.25. The Morgan fingerprint density at radius 3 is 2.71 bits per heavy atom. The summed E-state index contributed by atoms with van der Waals surface area (Å²) in [4.78, 5) is 22.0. The molecule has 0 N–H and O–H groups in total. The highest BCUT2D eigenvalue weighted by atomic mass is 35.5. The van der Waals surface area contributed by atoms with Gasteiger partial charge < -0.3 is 13.7 Å². The Morgan fingerprint density at radius 2 is 1.97 bits per heavy atom. The average Bonchev–Trinajstić information content (AvgIpc) is 3.34. The third-order valence-corrected chi connectivity index (χ3v) is 5.62. The van der Waals surface area contributed by atoms with E-state index in [9.17, 15) is 4.79 Å². The molecular formula is C24H18ClN3O3. The maximum atomic E-state index is 13.5. The van der Waals surface area contributed by atoms with E-state index in [0.29, 0.717) is 34.1 Å². The van der Waals surface area contributed by atoms with E-state index in [1.807, 2.05) is 49.4 Å². The molecule has 0 saturated carbocycles. The van der Waals surface area contributed by atoms with E-state index in [2.05, 4.69) is 14.5 Å². The number of ether oxygens (including phenoxy) is 1. The fourth-order valence-corrected chi connectivity index (χ4v) is 3.95. The van der Waals surface area contributed by atoms with Crippen molar-refractivity contribution in [1.29, 1.82) is 0 Å². The first kappa shape index (κ1) is 19.3. The van der Waals surface area contributed by atoms with Gasteiger partial charge in [-0.25, -0.2) is 9.97 Å². The van der Waals surface area contributed by atoms with Crippen LogP contribution in [0, 0.1) is 6.92 Å². The molecule has 0 aliphatic heterocycles. The molecule has 0 fully saturated rings. The second-order valence-electron chi connectivity index (χ2n) is 7.23. The van der Waals surface area contributed by atoms with Gasteiger partial charge in [0.1, 0.15) is 11.3 Å². The lowest BCUT2D eigenvalue weighted by Gasteiger charge is -2.09. The number of methoxy groups -OCH3 is 1. The number of hydrogen-bond acceptors (Lipinski definition) is 5. The highest BCUT2D eigenvalue weighted by molar-refractivity contribution is 6.30. The van der Waals surface area contributed by atoms with Gasteiger partial charge in [0.05, 0.1) is 12.7 Å². The van der Waals surface area contributed by atoms with Crippen molar-refractivity contribution in [1.82, 2.24) is 14.5 Å². The lowest BCUT2D eigenvalue weighted by Crippen LogP contribution is -2.06. The van der Waals surface area contributed by atoms with E-state index in [-0.39, 0.29) is 11.7 Å². The Labute approximate surface area is 183 Å². The number of aromatic nitrogens is 3. The summed E-state index contributed by atoms with van der Waals surface area (Å²) in [6.07, 6.45) is 1.61. The third kappa shape index (κ3) is 3.35. The molecule has 0 aliphatic rings. The fraction of sp³-hybridized carbons (Fsp3) is 0.125. The van der Waals surface area contributed by atoms with Crippen LogP contribution in [0.3, 0.4) is 0 Å². The molecule has 7 heteroatoms. The summed E-state index contributed by atoms with van der Waals surface area (Å²) < 4.78 is 13.2. The van der Waals surface area contributed by atoms with Gasteiger partial charge in [0.2, 0.25) is 5.71 Å². The molecule has 0 spiro atoms. The summed E-state index contributed by atoms with van der Waals surface area (Å²) >= 11 is 6.03. The molecule has 154 valence electrons. The molecule has 5 rings (SSSR count). The summed E-state index contributed by atoms with van der Waals surface area (Å²) in [5.41, 5.74) is 4.24. The first-order valence-electron chi connectivity index (χ1n) is 9.72. The summed E-state index contributed by atoms with van der Waals surface area (Å²) in [5, 5.41) is 1.47. The van der Waals surface area contributed by atoms with Crippen LogP contribution >= 0.6 is 11.6 Å². The van der Waals surface area contributed by atoms with Crippen LogP contribution in [0.4, 0.5) is 0 Å². The molecule has 0 aliphatic carbocycles. The van der Waals surface area contributed by atoms with Crippen LogP contribution in [0.5, 0.6) is 5.75 Å². The largest absolute Gasteiger partial charge is 0.497 e. The van der Waals surface area contributed by atoms with Crippen LogP contribution in [-0.2, 0) is 6.54 Å². The van der Waals surface area contributed by atoms with Crippen LogP contribution in [0.1, 0.15) is 27.5 Å². The van der Waals surface area contributed by atoms with Crippen molar-refractivity contribution >= 4 is 39.5 Å². The second kappa shape index (κ2) is 7.56. The maximum Gasteiger partial charge on any atom is 0.270 e. The van der Waals surface area contributed by atoms with Crippen LogP contribution in [-0.4, -0.2) is 27.4 Å². The minimum Gasteiger partial charge on any atom is -0.497 e. The minimum absolute atomic E-state index is 0.0187. The monoisotopic (exact) mass is 431 g/mol. The molecule has 0 saturated heterocycles. The number of rotatable bonds is 5. The van der Waals surface area contributed by atoms with Crippen molar-refractivity contribution in [2.24, 2.45) is 0 Å². The molecule has 3 aromatic heterocycles. The molecule has 0 amide bonds. The molecule has 0 atom stereocenters. The zero-order chi connectivity index (χ0) is 21.5. The van der Waals surface area contributed by atoms with E-state index in [1.54, 1.807) is 25.4 Å². The van der Waals surface area contributed by atoms with Gasteiger partial charge in [-0.15, -0.1) is 0 Å². The number of nitrogens with zero attached hydrogens (tertiary/aromatic N) is 3. The Balaban J connectivity index is 1.68. The summed E-state index contributed by atoms with van der Waals surface area (Å²) in [5.74, 6) is 0.401. The van der Waals surface area contributed by atoms with Crippen LogP contribution in [0.15, 0.2) is 65.2 Å². The molecular weight excluding hydrogens is 414 g/mol. The normalized spacial score (nSPS) is 11.3. The van der Waals surface area contributed by atoms with E-state index in [0.717, 1.165) is 22.2 Å². The van der Waals surface area contributed by atoms with Crippen molar-refractivity contribution in [3.05, 3.63) is 88.5 Å². The molecule has 6 nitrogen and oxygen atoms in total.